The number of rotatable bonds is 8. The van der Waals surface area contributed by atoms with Crippen LogP contribution in [0.1, 0.15) is 41.1 Å². The number of carbonyl (C=O) groups is 2. The number of ether oxygens (including phenoxy) is 5. The Morgan fingerprint density at radius 2 is 1.49 bits per heavy atom. The Balaban J connectivity index is 1.42. The van der Waals surface area contributed by atoms with Gasteiger partial charge in [-0.15, -0.1) is 0 Å². The number of hydrogen-bond acceptors (Lipinski definition) is 7. The summed E-state index contributed by atoms with van der Waals surface area (Å²) in [5.41, 5.74) is 2.39. The molecule has 3 aromatic carbocycles. The normalized spacial score (nSPS) is 27.2. The van der Waals surface area contributed by atoms with Crippen molar-refractivity contribution in [3.8, 4) is 0 Å². The number of benzene rings is 3. The fourth-order valence-electron chi connectivity index (χ4n) is 4.82. The molecule has 2 aliphatic heterocycles. The van der Waals surface area contributed by atoms with Crippen molar-refractivity contribution in [2.45, 2.75) is 56.8 Å². The minimum Gasteiger partial charge on any atom is -0.457 e. The van der Waals surface area contributed by atoms with Crippen molar-refractivity contribution in [3.05, 3.63) is 108 Å². The predicted molar refractivity (Wildman–Crippen MR) is 135 cm³/mol. The molecule has 7 nitrogen and oxygen atoms in total. The second-order valence-electron chi connectivity index (χ2n) is 9.22. The zero-order valence-corrected chi connectivity index (χ0v) is 20.6. The lowest BCUT2D eigenvalue weighted by atomic mass is 9.90. The molecule has 2 saturated heterocycles. The van der Waals surface area contributed by atoms with E-state index in [1.165, 1.54) is 6.92 Å². The maximum absolute atomic E-state index is 13.2. The Labute approximate surface area is 216 Å². The van der Waals surface area contributed by atoms with E-state index in [4.69, 9.17) is 23.7 Å². The molecule has 2 heterocycles. The molecule has 2 fully saturated rings. The lowest BCUT2D eigenvalue weighted by molar-refractivity contribution is -0.333. The molecule has 0 aromatic heterocycles. The van der Waals surface area contributed by atoms with Crippen molar-refractivity contribution >= 4 is 11.8 Å². The number of ketones is 1. The zero-order chi connectivity index (χ0) is 25.6. The Morgan fingerprint density at radius 3 is 2.16 bits per heavy atom. The van der Waals surface area contributed by atoms with Crippen molar-refractivity contribution in [3.63, 3.8) is 0 Å². The van der Waals surface area contributed by atoms with Crippen molar-refractivity contribution in [1.29, 1.82) is 0 Å². The van der Waals surface area contributed by atoms with Gasteiger partial charge in [0.1, 0.15) is 18.3 Å². The summed E-state index contributed by atoms with van der Waals surface area (Å²) in [6.07, 6.45) is -3.92. The van der Waals surface area contributed by atoms with Gasteiger partial charge in [-0.05, 0) is 5.56 Å². The van der Waals surface area contributed by atoms with Gasteiger partial charge in [0.15, 0.2) is 18.2 Å². The molecule has 2 aliphatic rings. The van der Waals surface area contributed by atoms with E-state index >= 15 is 0 Å². The lowest BCUT2D eigenvalue weighted by Gasteiger charge is -2.48. The molecule has 0 aliphatic carbocycles. The van der Waals surface area contributed by atoms with E-state index in [1.807, 2.05) is 78.9 Å². The minimum atomic E-state index is -0.788. The molecule has 0 N–H and O–H groups in total. The molecule has 0 radical (unpaired) electrons. The second-order valence-corrected chi connectivity index (χ2v) is 9.22. The molecule has 0 amide bonds. The van der Waals surface area contributed by atoms with Crippen LogP contribution in [-0.4, -0.2) is 48.9 Å². The van der Waals surface area contributed by atoms with Crippen molar-refractivity contribution in [2.75, 3.05) is 6.61 Å². The Kier molecular flexibility index (Phi) is 8.06. The molecule has 5 rings (SSSR count). The SMILES string of the molecule is CC(=O)O[C@@H]1[C@H](OCc2ccccc2)[C@H](CC(=O)c2ccccc2)O[C@@H]2CO[C@@H](c3ccccc3)O[C@@H]12. The lowest BCUT2D eigenvalue weighted by Crippen LogP contribution is -2.63. The van der Waals surface area contributed by atoms with Crippen LogP contribution < -0.4 is 0 Å². The maximum Gasteiger partial charge on any atom is 0.303 e. The minimum absolute atomic E-state index is 0.0621. The van der Waals surface area contributed by atoms with Gasteiger partial charge in [0.2, 0.25) is 0 Å². The summed E-state index contributed by atoms with van der Waals surface area (Å²) < 4.78 is 30.9. The molecule has 37 heavy (non-hydrogen) atoms. The highest BCUT2D eigenvalue weighted by atomic mass is 16.7. The summed E-state index contributed by atoms with van der Waals surface area (Å²) in [6.45, 7) is 1.85. The van der Waals surface area contributed by atoms with Crippen LogP contribution in [0.2, 0.25) is 0 Å². The summed E-state index contributed by atoms with van der Waals surface area (Å²) in [4.78, 5) is 25.4. The van der Waals surface area contributed by atoms with E-state index in [0.717, 1.165) is 11.1 Å². The van der Waals surface area contributed by atoms with Gasteiger partial charge in [-0.1, -0.05) is 91.0 Å². The molecule has 192 valence electrons. The predicted octanol–water partition coefficient (Wildman–Crippen LogP) is 4.66. The fourth-order valence-corrected chi connectivity index (χ4v) is 4.82. The first-order chi connectivity index (χ1) is 18.1. The molecule has 7 heteroatoms. The van der Waals surface area contributed by atoms with E-state index in [0.29, 0.717) is 5.56 Å². The zero-order valence-electron chi connectivity index (χ0n) is 20.6. The van der Waals surface area contributed by atoms with E-state index in [9.17, 15) is 9.59 Å². The van der Waals surface area contributed by atoms with Gasteiger partial charge < -0.3 is 23.7 Å². The molecule has 0 bridgehead atoms. The quantitative estimate of drug-likeness (QED) is 0.327. The standard InChI is InChI=1S/C30H30O7/c1-20(31)35-29-27(33-18-21-11-5-2-6-12-21)25(17-24(32)22-13-7-3-8-14-22)36-26-19-34-30(37-28(26)29)23-15-9-4-10-16-23/h2-16,25-30H,17-19H2,1H3/t25-,26+,27+,28+,29+,30+/m0/s1. The molecule has 0 unspecified atom stereocenters. The van der Waals surface area contributed by atoms with Crippen LogP contribution in [0.3, 0.4) is 0 Å². The number of hydrogen-bond donors (Lipinski definition) is 0. The van der Waals surface area contributed by atoms with Gasteiger partial charge in [0.25, 0.3) is 0 Å². The summed E-state index contributed by atoms with van der Waals surface area (Å²) in [6, 6.07) is 28.3. The molecular weight excluding hydrogens is 472 g/mol. The second kappa shape index (κ2) is 11.8. The first kappa shape index (κ1) is 25.3. The monoisotopic (exact) mass is 502 g/mol. The topological polar surface area (TPSA) is 80.3 Å². The van der Waals surface area contributed by atoms with Crippen molar-refractivity contribution in [1.82, 2.24) is 0 Å². The third-order valence-electron chi connectivity index (χ3n) is 6.56. The van der Waals surface area contributed by atoms with Crippen LogP contribution >= 0.6 is 0 Å². The van der Waals surface area contributed by atoms with E-state index in [-0.39, 0.29) is 25.4 Å². The van der Waals surface area contributed by atoms with Crippen LogP contribution in [0.4, 0.5) is 0 Å². The molecule has 3 aromatic rings. The highest BCUT2D eigenvalue weighted by Gasteiger charge is 2.52. The Morgan fingerprint density at radius 1 is 0.838 bits per heavy atom. The van der Waals surface area contributed by atoms with Crippen LogP contribution in [0.5, 0.6) is 0 Å². The third-order valence-corrected chi connectivity index (χ3v) is 6.56. The van der Waals surface area contributed by atoms with Crippen molar-refractivity contribution < 1.29 is 33.3 Å². The average Bonchev–Trinajstić information content (AvgIpc) is 2.93. The van der Waals surface area contributed by atoms with E-state index in [2.05, 4.69) is 0 Å². The van der Waals surface area contributed by atoms with Crippen LogP contribution in [0, 0.1) is 0 Å². The highest BCUT2D eigenvalue weighted by Crippen LogP contribution is 2.37. The van der Waals surface area contributed by atoms with Crippen LogP contribution in [0.15, 0.2) is 91.0 Å². The largest absolute Gasteiger partial charge is 0.457 e. The molecule has 0 saturated carbocycles. The molecular formula is C30H30O7. The van der Waals surface area contributed by atoms with Crippen LogP contribution in [0.25, 0.3) is 0 Å². The molecule has 6 atom stereocenters. The summed E-state index contributed by atoms with van der Waals surface area (Å²) in [5, 5.41) is 0. The first-order valence-electron chi connectivity index (χ1n) is 12.5. The number of fused-ring (bicyclic) bond motifs is 1. The smallest absolute Gasteiger partial charge is 0.303 e. The summed E-state index contributed by atoms with van der Waals surface area (Å²) in [7, 11) is 0. The Bertz CT molecular complexity index is 1170. The van der Waals surface area contributed by atoms with Gasteiger partial charge in [-0.3, -0.25) is 9.59 Å². The van der Waals surface area contributed by atoms with Crippen LogP contribution in [-0.2, 0) is 35.1 Å². The Hall–Kier alpha value is -3.36. The fraction of sp³-hybridized carbons (Fsp3) is 0.333. The van der Waals surface area contributed by atoms with Gasteiger partial charge in [0.05, 0.1) is 19.3 Å². The van der Waals surface area contributed by atoms with E-state index < -0.39 is 42.8 Å². The summed E-state index contributed by atoms with van der Waals surface area (Å²) in [5.74, 6) is -0.544. The maximum atomic E-state index is 13.2. The third kappa shape index (κ3) is 6.14. The van der Waals surface area contributed by atoms with Gasteiger partial charge in [-0.25, -0.2) is 0 Å². The average molecular weight is 503 g/mol. The number of Topliss-reactive ketones (excluding diaryl/α,β-unsaturated/α-hetero) is 1. The van der Waals surface area contributed by atoms with E-state index in [1.54, 1.807) is 12.1 Å². The molecule has 0 spiro atoms. The van der Waals surface area contributed by atoms with Gasteiger partial charge in [-0.2, -0.15) is 0 Å². The summed E-state index contributed by atoms with van der Waals surface area (Å²) >= 11 is 0. The van der Waals surface area contributed by atoms with Gasteiger partial charge in [0, 0.05) is 24.5 Å². The number of esters is 1. The highest BCUT2D eigenvalue weighted by molar-refractivity contribution is 5.96. The van der Waals surface area contributed by atoms with Crippen molar-refractivity contribution in [2.24, 2.45) is 0 Å². The van der Waals surface area contributed by atoms with Gasteiger partial charge >= 0.3 is 5.97 Å². The first-order valence-corrected chi connectivity index (χ1v) is 12.5. The number of carbonyl (C=O) groups excluding carboxylic acids is 2.